The largest absolute Gasteiger partial charge is 0.393 e. The molecule has 64 valence electrons. The second kappa shape index (κ2) is 4.67. The first-order chi connectivity index (χ1) is 5.79. The number of aliphatic hydroxyl groups is 1. The molecule has 2 heteroatoms. The van der Waals surface area contributed by atoms with Crippen LogP contribution in [-0.2, 0) is 0 Å². The number of pyridine rings is 1. The third-order valence-electron chi connectivity index (χ3n) is 1.47. The van der Waals surface area contributed by atoms with Gasteiger partial charge in [-0.05, 0) is 25.0 Å². The van der Waals surface area contributed by atoms with Crippen molar-refractivity contribution in [1.82, 2.24) is 4.98 Å². The lowest BCUT2D eigenvalue weighted by Crippen LogP contribution is -1.95. The second-order valence-corrected chi connectivity index (χ2v) is 2.77. The fraction of sp³-hybridized carbons (Fsp3) is 0.300. The predicted molar refractivity (Wildman–Crippen MR) is 49.6 cm³/mol. The molecule has 0 saturated carbocycles. The second-order valence-electron chi connectivity index (χ2n) is 2.77. The molecule has 1 aromatic heterocycles. The van der Waals surface area contributed by atoms with Gasteiger partial charge in [-0.1, -0.05) is 18.2 Å². The van der Waals surface area contributed by atoms with Gasteiger partial charge in [0.1, 0.15) is 0 Å². The molecule has 0 radical (unpaired) electrons. The molecule has 1 rings (SSSR count). The molecule has 0 aromatic carbocycles. The molecule has 0 aliphatic carbocycles. The predicted octanol–water partition coefficient (Wildman–Crippen LogP) is 1.87. The molecule has 0 aliphatic heterocycles. The summed E-state index contributed by atoms with van der Waals surface area (Å²) in [7, 11) is 0. The van der Waals surface area contributed by atoms with E-state index in [-0.39, 0.29) is 6.10 Å². The summed E-state index contributed by atoms with van der Waals surface area (Å²) in [5, 5.41) is 8.96. The average molecular weight is 163 g/mol. The molecule has 1 aromatic rings. The van der Waals surface area contributed by atoms with Crippen molar-refractivity contribution in [3.8, 4) is 0 Å². The molecule has 0 aliphatic rings. The van der Waals surface area contributed by atoms with Crippen LogP contribution in [0.1, 0.15) is 18.9 Å². The third-order valence-corrected chi connectivity index (χ3v) is 1.47. The van der Waals surface area contributed by atoms with Gasteiger partial charge in [0.05, 0.1) is 6.10 Å². The smallest absolute Gasteiger partial charge is 0.0546 e. The summed E-state index contributed by atoms with van der Waals surface area (Å²) in [4.78, 5) is 3.97. The van der Waals surface area contributed by atoms with Crippen LogP contribution in [0.5, 0.6) is 0 Å². The van der Waals surface area contributed by atoms with Crippen LogP contribution in [0.25, 0.3) is 6.08 Å². The molecule has 1 heterocycles. The molecule has 1 N–H and O–H groups in total. The van der Waals surface area contributed by atoms with E-state index in [1.165, 1.54) is 0 Å². The minimum atomic E-state index is -0.266. The Kier molecular flexibility index (Phi) is 3.48. The Morgan fingerprint density at radius 1 is 1.67 bits per heavy atom. The van der Waals surface area contributed by atoms with Gasteiger partial charge in [0.2, 0.25) is 0 Å². The topological polar surface area (TPSA) is 33.1 Å². The Hall–Kier alpha value is -1.15. The summed E-state index contributed by atoms with van der Waals surface area (Å²) in [5.74, 6) is 0. The van der Waals surface area contributed by atoms with Crippen LogP contribution in [0, 0.1) is 0 Å². The van der Waals surface area contributed by atoms with Crippen molar-refractivity contribution >= 4 is 6.08 Å². The van der Waals surface area contributed by atoms with E-state index in [0.717, 1.165) is 5.56 Å². The number of hydrogen-bond acceptors (Lipinski definition) is 2. The maximum atomic E-state index is 8.96. The van der Waals surface area contributed by atoms with Crippen molar-refractivity contribution in [3.05, 3.63) is 36.2 Å². The van der Waals surface area contributed by atoms with Gasteiger partial charge in [-0.2, -0.15) is 0 Å². The van der Waals surface area contributed by atoms with E-state index in [2.05, 4.69) is 4.98 Å². The zero-order valence-electron chi connectivity index (χ0n) is 7.14. The van der Waals surface area contributed by atoms with Crippen LogP contribution >= 0.6 is 0 Å². The van der Waals surface area contributed by atoms with Crippen LogP contribution in [-0.4, -0.2) is 16.2 Å². The standard InChI is InChI=1S/C10H13NO/c1-9(12)4-2-5-10-6-3-7-11-8-10/h2-3,5-9,12H,4H2,1H3/b5-2+/t9-/m0/s1. The van der Waals surface area contributed by atoms with E-state index in [0.29, 0.717) is 6.42 Å². The van der Waals surface area contributed by atoms with E-state index >= 15 is 0 Å². The van der Waals surface area contributed by atoms with Gasteiger partial charge < -0.3 is 5.11 Å². The summed E-state index contributed by atoms with van der Waals surface area (Å²) >= 11 is 0. The zero-order chi connectivity index (χ0) is 8.81. The van der Waals surface area contributed by atoms with Gasteiger partial charge in [-0.3, -0.25) is 4.98 Å². The molecule has 0 spiro atoms. The maximum absolute atomic E-state index is 8.96. The fourth-order valence-corrected chi connectivity index (χ4v) is 0.876. The molecule has 0 unspecified atom stereocenters. The molecular formula is C10H13NO. The highest BCUT2D eigenvalue weighted by atomic mass is 16.3. The lowest BCUT2D eigenvalue weighted by atomic mass is 10.2. The lowest BCUT2D eigenvalue weighted by molar-refractivity contribution is 0.199. The normalized spacial score (nSPS) is 13.5. The Balaban J connectivity index is 2.47. The highest BCUT2D eigenvalue weighted by Crippen LogP contribution is 2.00. The summed E-state index contributed by atoms with van der Waals surface area (Å²) in [6, 6.07) is 3.87. The number of rotatable bonds is 3. The molecule has 0 saturated heterocycles. The molecule has 2 nitrogen and oxygen atoms in total. The number of nitrogens with zero attached hydrogens (tertiary/aromatic N) is 1. The summed E-state index contributed by atoms with van der Waals surface area (Å²) < 4.78 is 0. The molecule has 0 fully saturated rings. The maximum Gasteiger partial charge on any atom is 0.0546 e. The van der Waals surface area contributed by atoms with Gasteiger partial charge in [0.15, 0.2) is 0 Å². The van der Waals surface area contributed by atoms with Crippen molar-refractivity contribution < 1.29 is 5.11 Å². The summed E-state index contributed by atoms with van der Waals surface area (Å²) in [5.41, 5.74) is 1.07. The minimum absolute atomic E-state index is 0.266. The highest BCUT2D eigenvalue weighted by molar-refractivity contribution is 5.47. The summed E-state index contributed by atoms with van der Waals surface area (Å²) in [6.07, 6.45) is 7.86. The van der Waals surface area contributed by atoms with Gasteiger partial charge in [0, 0.05) is 12.4 Å². The highest BCUT2D eigenvalue weighted by Gasteiger charge is 1.89. The molecule has 1 atom stereocenters. The molecule has 12 heavy (non-hydrogen) atoms. The van der Waals surface area contributed by atoms with Crippen LogP contribution in [0.3, 0.4) is 0 Å². The quantitative estimate of drug-likeness (QED) is 0.737. The van der Waals surface area contributed by atoms with Crippen LogP contribution in [0.15, 0.2) is 30.6 Å². The molecular weight excluding hydrogens is 150 g/mol. The van der Waals surface area contributed by atoms with Crippen LogP contribution in [0.2, 0.25) is 0 Å². The zero-order valence-corrected chi connectivity index (χ0v) is 7.14. The van der Waals surface area contributed by atoms with E-state index in [4.69, 9.17) is 5.11 Å². The van der Waals surface area contributed by atoms with Gasteiger partial charge in [-0.25, -0.2) is 0 Å². The fourth-order valence-electron chi connectivity index (χ4n) is 0.876. The molecule has 0 amide bonds. The van der Waals surface area contributed by atoms with E-state index in [9.17, 15) is 0 Å². The van der Waals surface area contributed by atoms with Crippen molar-refractivity contribution in [3.63, 3.8) is 0 Å². The van der Waals surface area contributed by atoms with Crippen LogP contribution in [0.4, 0.5) is 0 Å². The molecule has 0 bridgehead atoms. The first-order valence-electron chi connectivity index (χ1n) is 4.03. The van der Waals surface area contributed by atoms with Crippen molar-refractivity contribution in [2.45, 2.75) is 19.4 Å². The average Bonchev–Trinajstić information content (AvgIpc) is 2.05. The van der Waals surface area contributed by atoms with E-state index in [1.807, 2.05) is 24.3 Å². The van der Waals surface area contributed by atoms with Gasteiger partial charge >= 0.3 is 0 Å². The van der Waals surface area contributed by atoms with E-state index < -0.39 is 0 Å². The van der Waals surface area contributed by atoms with E-state index in [1.54, 1.807) is 19.3 Å². The Morgan fingerprint density at radius 2 is 2.50 bits per heavy atom. The first-order valence-corrected chi connectivity index (χ1v) is 4.03. The van der Waals surface area contributed by atoms with Gasteiger partial charge in [0.25, 0.3) is 0 Å². The summed E-state index contributed by atoms with van der Waals surface area (Å²) in [6.45, 7) is 1.77. The van der Waals surface area contributed by atoms with Crippen molar-refractivity contribution in [2.75, 3.05) is 0 Å². The van der Waals surface area contributed by atoms with Crippen LogP contribution < -0.4 is 0 Å². The SMILES string of the molecule is C[C@H](O)C/C=C/c1cccnc1. The number of hydrogen-bond donors (Lipinski definition) is 1. The third kappa shape index (κ3) is 3.30. The minimum Gasteiger partial charge on any atom is -0.393 e. The Labute approximate surface area is 72.6 Å². The van der Waals surface area contributed by atoms with Crippen molar-refractivity contribution in [1.29, 1.82) is 0 Å². The first kappa shape index (κ1) is 8.94. The Bertz CT molecular complexity index is 241. The lowest BCUT2D eigenvalue weighted by Gasteiger charge is -1.96. The number of aromatic nitrogens is 1. The Morgan fingerprint density at radius 3 is 3.08 bits per heavy atom. The monoisotopic (exact) mass is 163 g/mol. The van der Waals surface area contributed by atoms with Gasteiger partial charge in [-0.15, -0.1) is 0 Å². The van der Waals surface area contributed by atoms with Crippen molar-refractivity contribution in [2.24, 2.45) is 0 Å². The number of aliphatic hydroxyl groups excluding tert-OH is 1.